The molecule has 0 unspecified atom stereocenters. The average Bonchev–Trinajstić information content (AvgIpc) is 2.42. The lowest BCUT2D eigenvalue weighted by molar-refractivity contribution is -0.297. The summed E-state index contributed by atoms with van der Waals surface area (Å²) in [7, 11) is 0. The molecule has 0 aromatic carbocycles. The SMILES string of the molecule is O=C([O-])/C=C/C(=O)N[C@@H]1CCCCNC1=O. The molecule has 1 saturated heterocycles. The van der Waals surface area contributed by atoms with E-state index in [2.05, 4.69) is 10.6 Å². The summed E-state index contributed by atoms with van der Waals surface area (Å²) in [5.41, 5.74) is 0. The second kappa shape index (κ2) is 5.89. The van der Waals surface area contributed by atoms with E-state index in [0.29, 0.717) is 19.0 Å². The van der Waals surface area contributed by atoms with Gasteiger partial charge in [-0.2, -0.15) is 0 Å². The van der Waals surface area contributed by atoms with E-state index >= 15 is 0 Å². The van der Waals surface area contributed by atoms with Crippen LogP contribution >= 0.6 is 0 Å². The van der Waals surface area contributed by atoms with Crippen LogP contribution in [-0.4, -0.2) is 30.4 Å². The molecule has 16 heavy (non-hydrogen) atoms. The van der Waals surface area contributed by atoms with Crippen LogP contribution in [0.5, 0.6) is 0 Å². The van der Waals surface area contributed by atoms with E-state index in [0.717, 1.165) is 18.9 Å². The van der Waals surface area contributed by atoms with Gasteiger partial charge in [-0.15, -0.1) is 0 Å². The zero-order valence-electron chi connectivity index (χ0n) is 8.69. The van der Waals surface area contributed by atoms with E-state index in [1.807, 2.05) is 0 Å². The van der Waals surface area contributed by atoms with Crippen molar-refractivity contribution < 1.29 is 19.5 Å². The van der Waals surface area contributed by atoms with E-state index < -0.39 is 17.9 Å². The lowest BCUT2D eigenvalue weighted by atomic mass is 10.1. The Morgan fingerprint density at radius 3 is 2.81 bits per heavy atom. The maximum absolute atomic E-state index is 11.4. The molecule has 88 valence electrons. The molecule has 0 aromatic rings. The number of hydrogen-bond donors (Lipinski definition) is 2. The van der Waals surface area contributed by atoms with Crippen molar-refractivity contribution in [3.63, 3.8) is 0 Å². The third-order valence-corrected chi connectivity index (χ3v) is 2.22. The molecule has 1 heterocycles. The first-order chi connectivity index (χ1) is 7.59. The highest BCUT2D eigenvalue weighted by molar-refractivity contribution is 5.96. The molecule has 0 bridgehead atoms. The van der Waals surface area contributed by atoms with E-state index in [1.165, 1.54) is 0 Å². The maximum Gasteiger partial charge on any atom is 0.244 e. The average molecular weight is 225 g/mol. The van der Waals surface area contributed by atoms with Gasteiger partial charge in [-0.1, -0.05) is 0 Å². The number of aliphatic carboxylic acids is 1. The van der Waals surface area contributed by atoms with Crippen molar-refractivity contribution in [2.45, 2.75) is 25.3 Å². The zero-order valence-corrected chi connectivity index (χ0v) is 8.69. The summed E-state index contributed by atoms with van der Waals surface area (Å²) in [6, 6.07) is -0.582. The molecule has 0 aromatic heterocycles. The number of hydrogen-bond acceptors (Lipinski definition) is 4. The summed E-state index contributed by atoms with van der Waals surface area (Å²) < 4.78 is 0. The Labute approximate surface area is 92.7 Å². The number of carbonyl (C=O) groups excluding carboxylic acids is 3. The van der Waals surface area contributed by atoms with Gasteiger partial charge in [0.15, 0.2) is 0 Å². The summed E-state index contributed by atoms with van der Waals surface area (Å²) in [6.07, 6.45) is 3.76. The van der Waals surface area contributed by atoms with Crippen molar-refractivity contribution in [2.24, 2.45) is 0 Å². The third kappa shape index (κ3) is 4.12. The number of carboxylic acid groups (broad SMARTS) is 1. The number of nitrogens with one attached hydrogen (secondary N) is 2. The summed E-state index contributed by atoms with van der Waals surface area (Å²) in [4.78, 5) is 32.7. The van der Waals surface area contributed by atoms with Crippen molar-refractivity contribution in [1.29, 1.82) is 0 Å². The molecule has 0 aliphatic carbocycles. The minimum atomic E-state index is -1.44. The predicted octanol–water partition coefficient (Wildman–Crippen LogP) is -1.92. The third-order valence-electron chi connectivity index (χ3n) is 2.22. The predicted molar refractivity (Wildman–Crippen MR) is 52.9 cm³/mol. The molecule has 2 N–H and O–H groups in total. The highest BCUT2D eigenvalue weighted by atomic mass is 16.4. The quantitative estimate of drug-likeness (QED) is 0.547. The molecule has 1 aliphatic rings. The molecule has 1 atom stereocenters. The summed E-state index contributed by atoms with van der Waals surface area (Å²) in [5.74, 6) is -2.28. The van der Waals surface area contributed by atoms with Gasteiger partial charge in [0.2, 0.25) is 11.8 Å². The minimum Gasteiger partial charge on any atom is -0.545 e. The first kappa shape index (κ1) is 12.2. The van der Waals surface area contributed by atoms with Crippen molar-refractivity contribution in [3.8, 4) is 0 Å². The van der Waals surface area contributed by atoms with Crippen LogP contribution in [0.3, 0.4) is 0 Å². The molecule has 6 heteroatoms. The van der Waals surface area contributed by atoms with E-state index in [1.54, 1.807) is 0 Å². The normalized spacial score (nSPS) is 21.2. The van der Waals surface area contributed by atoms with Crippen LogP contribution in [0.25, 0.3) is 0 Å². The Morgan fingerprint density at radius 2 is 2.12 bits per heavy atom. The molecule has 1 rings (SSSR count). The second-order valence-corrected chi connectivity index (χ2v) is 3.50. The summed E-state index contributed by atoms with van der Waals surface area (Å²) in [6.45, 7) is 0.611. The number of carboxylic acids is 1. The van der Waals surface area contributed by atoms with Gasteiger partial charge in [0.1, 0.15) is 6.04 Å². The van der Waals surface area contributed by atoms with Crippen LogP contribution in [0.15, 0.2) is 12.2 Å². The fourth-order valence-electron chi connectivity index (χ4n) is 1.44. The van der Waals surface area contributed by atoms with Gasteiger partial charge in [0.25, 0.3) is 0 Å². The Kier molecular flexibility index (Phi) is 4.50. The minimum absolute atomic E-state index is 0.229. The molecule has 6 nitrogen and oxygen atoms in total. The lowest BCUT2D eigenvalue weighted by Crippen LogP contribution is -2.45. The highest BCUT2D eigenvalue weighted by Crippen LogP contribution is 2.05. The topological polar surface area (TPSA) is 98.3 Å². The van der Waals surface area contributed by atoms with Crippen LogP contribution < -0.4 is 15.7 Å². The number of rotatable bonds is 3. The molecular formula is C10H13N2O4-. The van der Waals surface area contributed by atoms with Crippen molar-refractivity contribution in [2.75, 3.05) is 6.54 Å². The lowest BCUT2D eigenvalue weighted by Gasteiger charge is -2.13. The monoisotopic (exact) mass is 225 g/mol. The second-order valence-electron chi connectivity index (χ2n) is 3.50. The zero-order chi connectivity index (χ0) is 12.0. The standard InChI is InChI=1S/C10H14N2O4/c13-8(4-5-9(14)15)12-7-3-1-2-6-11-10(7)16/h4-5,7H,1-3,6H2,(H,11,16)(H,12,13)(H,14,15)/p-1/b5-4+/t7-/m1/s1. The molecule has 0 saturated carbocycles. The smallest absolute Gasteiger partial charge is 0.244 e. The number of carbonyl (C=O) groups is 3. The molecule has 0 spiro atoms. The molecule has 0 radical (unpaired) electrons. The molecule has 1 aliphatic heterocycles. The van der Waals surface area contributed by atoms with Crippen LogP contribution in [-0.2, 0) is 14.4 Å². The first-order valence-electron chi connectivity index (χ1n) is 5.07. The number of amides is 2. The van der Waals surface area contributed by atoms with Gasteiger partial charge in [-0.3, -0.25) is 9.59 Å². The first-order valence-corrected chi connectivity index (χ1v) is 5.07. The Bertz CT molecular complexity index is 325. The molecular weight excluding hydrogens is 212 g/mol. The van der Waals surface area contributed by atoms with Gasteiger partial charge >= 0.3 is 0 Å². The van der Waals surface area contributed by atoms with Crippen LogP contribution in [0, 0.1) is 0 Å². The summed E-state index contributed by atoms with van der Waals surface area (Å²) in [5, 5.41) is 15.2. The largest absolute Gasteiger partial charge is 0.545 e. The molecule has 1 fully saturated rings. The van der Waals surface area contributed by atoms with Crippen LogP contribution in [0.2, 0.25) is 0 Å². The van der Waals surface area contributed by atoms with Crippen LogP contribution in [0.4, 0.5) is 0 Å². The highest BCUT2D eigenvalue weighted by Gasteiger charge is 2.21. The Hall–Kier alpha value is -1.85. The summed E-state index contributed by atoms with van der Waals surface area (Å²) >= 11 is 0. The van der Waals surface area contributed by atoms with Crippen molar-refractivity contribution in [1.82, 2.24) is 10.6 Å². The fourth-order valence-corrected chi connectivity index (χ4v) is 1.44. The Morgan fingerprint density at radius 1 is 1.38 bits per heavy atom. The van der Waals surface area contributed by atoms with Crippen molar-refractivity contribution in [3.05, 3.63) is 12.2 Å². The van der Waals surface area contributed by atoms with Gasteiger partial charge in [-0.05, 0) is 25.3 Å². The van der Waals surface area contributed by atoms with Gasteiger partial charge in [0.05, 0.1) is 5.97 Å². The maximum atomic E-state index is 11.4. The molecule has 2 amide bonds. The van der Waals surface area contributed by atoms with Gasteiger partial charge in [-0.25, -0.2) is 0 Å². The fraction of sp³-hybridized carbons (Fsp3) is 0.500. The van der Waals surface area contributed by atoms with Gasteiger partial charge in [0, 0.05) is 12.6 Å². The van der Waals surface area contributed by atoms with E-state index in [-0.39, 0.29) is 5.91 Å². The Balaban J connectivity index is 2.48. The van der Waals surface area contributed by atoms with Crippen molar-refractivity contribution >= 4 is 17.8 Å². The van der Waals surface area contributed by atoms with Crippen LogP contribution in [0.1, 0.15) is 19.3 Å². The van der Waals surface area contributed by atoms with E-state index in [9.17, 15) is 19.5 Å². The van der Waals surface area contributed by atoms with E-state index in [4.69, 9.17) is 0 Å². The van der Waals surface area contributed by atoms with Gasteiger partial charge < -0.3 is 20.5 Å².